The minimum absolute atomic E-state index is 0.000498. The predicted molar refractivity (Wildman–Crippen MR) is 85.3 cm³/mol. The number of hydrogen-bond donors (Lipinski definition) is 1. The number of nitro benzene ring substituents is 1. The smallest absolute Gasteiger partial charge is 0.271 e. The largest absolute Gasteiger partial charge is 0.348 e. The number of nitrogens with one attached hydrogen (secondary N) is 1. The van der Waals surface area contributed by atoms with E-state index in [-0.39, 0.29) is 23.2 Å². The van der Waals surface area contributed by atoms with Crippen LogP contribution in [0.5, 0.6) is 0 Å². The van der Waals surface area contributed by atoms with E-state index in [1.165, 1.54) is 12.1 Å². The van der Waals surface area contributed by atoms with E-state index in [4.69, 9.17) is 0 Å². The summed E-state index contributed by atoms with van der Waals surface area (Å²) < 4.78 is 0.510. The molecule has 0 aromatic heterocycles. The standard InChI is InChI=1S/C13H16Br2N2O3/c1-8(2)3-11(7-14)16-13(18)9-4-10(15)6-12(5-9)17(19)20/h4-6,8,11H,3,7H2,1-2H3,(H,16,18). The van der Waals surface area contributed by atoms with E-state index in [1.54, 1.807) is 6.07 Å². The Morgan fingerprint density at radius 3 is 2.55 bits per heavy atom. The van der Waals surface area contributed by atoms with Gasteiger partial charge in [0.2, 0.25) is 0 Å². The molecule has 1 N–H and O–H groups in total. The molecule has 1 aromatic carbocycles. The zero-order chi connectivity index (χ0) is 15.3. The van der Waals surface area contributed by atoms with Gasteiger partial charge in [0.05, 0.1) is 4.92 Å². The first-order valence-electron chi connectivity index (χ1n) is 6.15. The van der Waals surface area contributed by atoms with E-state index in [9.17, 15) is 14.9 Å². The van der Waals surface area contributed by atoms with Crippen molar-refractivity contribution in [2.45, 2.75) is 26.3 Å². The van der Waals surface area contributed by atoms with Gasteiger partial charge in [0, 0.05) is 33.5 Å². The molecule has 1 unspecified atom stereocenters. The molecule has 0 aliphatic rings. The Kier molecular flexibility index (Phi) is 6.61. The highest BCUT2D eigenvalue weighted by Crippen LogP contribution is 2.21. The number of halogens is 2. The van der Waals surface area contributed by atoms with Crippen molar-refractivity contribution >= 4 is 43.5 Å². The van der Waals surface area contributed by atoms with Gasteiger partial charge < -0.3 is 5.32 Å². The third kappa shape index (κ3) is 5.20. The van der Waals surface area contributed by atoms with Crippen LogP contribution in [0, 0.1) is 16.0 Å². The van der Waals surface area contributed by atoms with Crippen LogP contribution >= 0.6 is 31.9 Å². The normalized spacial score (nSPS) is 12.2. The lowest BCUT2D eigenvalue weighted by Gasteiger charge is -2.18. The number of benzene rings is 1. The van der Waals surface area contributed by atoms with Gasteiger partial charge in [-0.15, -0.1) is 0 Å². The van der Waals surface area contributed by atoms with E-state index in [2.05, 4.69) is 51.0 Å². The van der Waals surface area contributed by atoms with Crippen LogP contribution in [0.3, 0.4) is 0 Å². The second-order valence-corrected chi connectivity index (χ2v) is 6.47. The predicted octanol–water partition coefficient (Wildman–Crippen LogP) is 3.90. The maximum atomic E-state index is 12.1. The van der Waals surface area contributed by atoms with E-state index >= 15 is 0 Å². The van der Waals surface area contributed by atoms with Crippen molar-refractivity contribution in [2.75, 3.05) is 5.33 Å². The van der Waals surface area contributed by atoms with Crippen LogP contribution in [0.25, 0.3) is 0 Å². The van der Waals surface area contributed by atoms with Crippen LogP contribution < -0.4 is 5.32 Å². The Hall–Kier alpha value is -0.950. The number of hydrogen-bond acceptors (Lipinski definition) is 3. The number of nitro groups is 1. The Morgan fingerprint density at radius 2 is 2.05 bits per heavy atom. The van der Waals surface area contributed by atoms with Gasteiger partial charge in [-0.25, -0.2) is 0 Å². The van der Waals surface area contributed by atoms with Crippen LogP contribution in [0.15, 0.2) is 22.7 Å². The minimum Gasteiger partial charge on any atom is -0.348 e. The number of rotatable bonds is 6. The van der Waals surface area contributed by atoms with Crippen LogP contribution in [0.1, 0.15) is 30.6 Å². The van der Waals surface area contributed by atoms with Gasteiger partial charge in [-0.05, 0) is 18.4 Å². The zero-order valence-electron chi connectivity index (χ0n) is 11.2. The van der Waals surface area contributed by atoms with Crippen molar-refractivity contribution in [3.8, 4) is 0 Å². The molecular weight excluding hydrogens is 392 g/mol. The molecule has 0 heterocycles. The lowest BCUT2D eigenvalue weighted by molar-refractivity contribution is -0.385. The molecule has 0 saturated carbocycles. The minimum atomic E-state index is -0.516. The van der Waals surface area contributed by atoms with E-state index < -0.39 is 4.92 Å². The number of amides is 1. The van der Waals surface area contributed by atoms with Crippen LogP contribution in [-0.4, -0.2) is 22.2 Å². The fraction of sp³-hybridized carbons (Fsp3) is 0.462. The molecule has 110 valence electrons. The Labute approximate surface area is 134 Å². The summed E-state index contributed by atoms with van der Waals surface area (Å²) in [6, 6.07) is 4.22. The van der Waals surface area contributed by atoms with Gasteiger partial charge >= 0.3 is 0 Å². The molecule has 0 aliphatic carbocycles. The first-order chi connectivity index (χ1) is 9.33. The molecule has 0 bridgehead atoms. The highest BCUT2D eigenvalue weighted by molar-refractivity contribution is 9.10. The summed E-state index contributed by atoms with van der Waals surface area (Å²) in [5.41, 5.74) is 0.171. The SMILES string of the molecule is CC(C)CC(CBr)NC(=O)c1cc(Br)cc([N+](=O)[O-])c1. The second-order valence-electron chi connectivity index (χ2n) is 4.91. The summed E-state index contributed by atoms with van der Waals surface area (Å²) in [6.07, 6.45) is 0.840. The summed E-state index contributed by atoms with van der Waals surface area (Å²) in [5.74, 6) is 0.147. The number of carbonyl (C=O) groups is 1. The molecule has 1 aromatic rings. The van der Waals surface area contributed by atoms with Crippen molar-refractivity contribution < 1.29 is 9.72 Å². The van der Waals surface area contributed by atoms with Crippen LogP contribution in [0.4, 0.5) is 5.69 Å². The van der Waals surface area contributed by atoms with Crippen molar-refractivity contribution in [1.29, 1.82) is 0 Å². The molecule has 0 fully saturated rings. The summed E-state index contributed by atoms with van der Waals surface area (Å²) in [6.45, 7) is 4.15. The molecule has 0 aliphatic heterocycles. The topological polar surface area (TPSA) is 72.2 Å². The summed E-state index contributed by atoms with van der Waals surface area (Å²) in [5, 5.41) is 14.3. The van der Waals surface area contributed by atoms with Crippen molar-refractivity contribution in [3.05, 3.63) is 38.3 Å². The average molecular weight is 408 g/mol. The number of alkyl halides is 1. The second kappa shape index (κ2) is 7.73. The van der Waals surface area contributed by atoms with Crippen LogP contribution in [0.2, 0.25) is 0 Å². The van der Waals surface area contributed by atoms with Crippen molar-refractivity contribution in [1.82, 2.24) is 5.32 Å². The molecule has 1 rings (SSSR count). The number of non-ortho nitro benzene ring substituents is 1. The lowest BCUT2D eigenvalue weighted by Crippen LogP contribution is -2.37. The Bertz CT molecular complexity index is 506. The maximum absolute atomic E-state index is 12.1. The summed E-state index contributed by atoms with van der Waals surface area (Å²) in [7, 11) is 0. The van der Waals surface area contributed by atoms with Crippen molar-refractivity contribution in [3.63, 3.8) is 0 Å². The van der Waals surface area contributed by atoms with Crippen LogP contribution in [-0.2, 0) is 0 Å². The van der Waals surface area contributed by atoms with Gasteiger partial charge in [0.15, 0.2) is 0 Å². The third-order valence-corrected chi connectivity index (χ3v) is 3.87. The molecule has 7 heteroatoms. The lowest BCUT2D eigenvalue weighted by atomic mass is 10.0. The van der Waals surface area contributed by atoms with Gasteiger partial charge in [-0.2, -0.15) is 0 Å². The molecule has 0 radical (unpaired) electrons. The van der Waals surface area contributed by atoms with E-state index in [1.807, 2.05) is 0 Å². The first-order valence-corrected chi connectivity index (χ1v) is 8.06. The van der Waals surface area contributed by atoms with Gasteiger partial charge in [-0.3, -0.25) is 14.9 Å². The Balaban J connectivity index is 2.88. The summed E-state index contributed by atoms with van der Waals surface area (Å²) >= 11 is 6.54. The maximum Gasteiger partial charge on any atom is 0.271 e. The average Bonchev–Trinajstić information content (AvgIpc) is 2.36. The molecule has 1 amide bonds. The fourth-order valence-corrected chi connectivity index (χ4v) is 2.72. The number of nitrogens with zero attached hydrogens (tertiary/aromatic N) is 1. The highest BCUT2D eigenvalue weighted by atomic mass is 79.9. The molecule has 0 spiro atoms. The molecule has 0 saturated heterocycles. The zero-order valence-corrected chi connectivity index (χ0v) is 14.4. The molecule has 1 atom stereocenters. The molecule has 20 heavy (non-hydrogen) atoms. The monoisotopic (exact) mass is 406 g/mol. The van der Waals surface area contributed by atoms with E-state index in [0.29, 0.717) is 15.7 Å². The van der Waals surface area contributed by atoms with Gasteiger partial charge in [0.1, 0.15) is 0 Å². The first kappa shape index (κ1) is 17.1. The highest BCUT2D eigenvalue weighted by Gasteiger charge is 2.17. The fourth-order valence-electron chi connectivity index (χ4n) is 1.81. The summed E-state index contributed by atoms with van der Waals surface area (Å²) in [4.78, 5) is 22.4. The van der Waals surface area contributed by atoms with E-state index in [0.717, 1.165) is 6.42 Å². The third-order valence-electron chi connectivity index (χ3n) is 2.63. The van der Waals surface area contributed by atoms with Gasteiger partial charge in [-0.1, -0.05) is 45.7 Å². The van der Waals surface area contributed by atoms with Crippen molar-refractivity contribution in [2.24, 2.45) is 5.92 Å². The quantitative estimate of drug-likeness (QED) is 0.441. The molecule has 5 nitrogen and oxygen atoms in total. The van der Waals surface area contributed by atoms with Gasteiger partial charge in [0.25, 0.3) is 11.6 Å². The molecular formula is C13H16Br2N2O3. The number of carbonyl (C=O) groups excluding carboxylic acids is 1. The Morgan fingerprint density at radius 1 is 1.40 bits per heavy atom.